The van der Waals surface area contributed by atoms with Gasteiger partial charge in [0.15, 0.2) is 5.13 Å². The summed E-state index contributed by atoms with van der Waals surface area (Å²) in [5.41, 5.74) is 0.891. The minimum atomic E-state index is -0.265. The number of ether oxygens (including phenoxy) is 1. The molecule has 0 fully saturated rings. The number of aromatic nitrogens is 1. The van der Waals surface area contributed by atoms with Crippen molar-refractivity contribution in [1.29, 1.82) is 0 Å². The van der Waals surface area contributed by atoms with Crippen molar-refractivity contribution >= 4 is 32.7 Å². The van der Waals surface area contributed by atoms with Gasteiger partial charge in [-0.15, -0.1) is 0 Å². The molecular weight excluding hydrogens is 250 g/mol. The molecule has 0 aliphatic carbocycles. The molecule has 18 heavy (non-hydrogen) atoms. The highest BCUT2D eigenvalue weighted by molar-refractivity contribution is 7.22. The normalized spacial score (nSPS) is 12.3. The minimum Gasteiger partial charge on any atom is -0.383 e. The number of hydrogen-bond donors (Lipinski definition) is 2. The molecule has 1 heterocycles. The van der Waals surface area contributed by atoms with E-state index in [2.05, 4.69) is 15.6 Å². The Kier molecular flexibility index (Phi) is 4.11. The molecule has 2 N–H and O–H groups in total. The van der Waals surface area contributed by atoms with Gasteiger partial charge in [-0.05, 0) is 19.1 Å². The zero-order valence-electron chi connectivity index (χ0n) is 10.3. The number of nitrogens with zero attached hydrogens (tertiary/aromatic N) is 1. The summed E-state index contributed by atoms with van der Waals surface area (Å²) in [6.07, 6.45) is 0. The highest BCUT2D eigenvalue weighted by Gasteiger charge is 2.09. The fourth-order valence-corrected chi connectivity index (χ4v) is 2.44. The number of carbonyl (C=O) groups excluding carboxylic acids is 1. The van der Waals surface area contributed by atoms with Crippen molar-refractivity contribution < 1.29 is 9.53 Å². The highest BCUT2D eigenvalue weighted by Crippen LogP contribution is 2.25. The molecular formula is C12H15N3O2S. The van der Waals surface area contributed by atoms with Crippen LogP contribution in [0.2, 0.25) is 0 Å². The van der Waals surface area contributed by atoms with Crippen LogP contribution in [-0.4, -0.2) is 30.8 Å². The van der Waals surface area contributed by atoms with Crippen LogP contribution < -0.4 is 10.6 Å². The van der Waals surface area contributed by atoms with Gasteiger partial charge in [-0.3, -0.25) is 5.32 Å². The van der Waals surface area contributed by atoms with Crippen LogP contribution in [0.5, 0.6) is 0 Å². The Morgan fingerprint density at radius 2 is 2.28 bits per heavy atom. The second-order valence-electron chi connectivity index (χ2n) is 3.94. The van der Waals surface area contributed by atoms with Crippen LogP contribution in [0.1, 0.15) is 6.92 Å². The fraction of sp³-hybridized carbons (Fsp3) is 0.333. The van der Waals surface area contributed by atoms with E-state index >= 15 is 0 Å². The van der Waals surface area contributed by atoms with Crippen molar-refractivity contribution in [2.24, 2.45) is 0 Å². The van der Waals surface area contributed by atoms with Gasteiger partial charge in [0.05, 0.1) is 22.9 Å². The maximum atomic E-state index is 11.7. The molecule has 5 nitrogen and oxygen atoms in total. The van der Waals surface area contributed by atoms with E-state index in [1.54, 1.807) is 7.11 Å². The first-order valence-electron chi connectivity index (χ1n) is 5.61. The third-order valence-corrected chi connectivity index (χ3v) is 3.26. The number of para-hydroxylation sites is 1. The first kappa shape index (κ1) is 12.8. The number of urea groups is 1. The maximum absolute atomic E-state index is 11.7. The van der Waals surface area contributed by atoms with Crippen molar-refractivity contribution in [3.8, 4) is 0 Å². The average Bonchev–Trinajstić information content (AvgIpc) is 2.70. The number of rotatable bonds is 4. The number of amides is 2. The lowest BCUT2D eigenvalue weighted by atomic mass is 10.3. The molecule has 96 valence electrons. The monoisotopic (exact) mass is 265 g/mol. The van der Waals surface area contributed by atoms with Crippen LogP contribution in [0.15, 0.2) is 24.3 Å². The third-order valence-electron chi connectivity index (χ3n) is 2.31. The number of anilines is 1. The molecule has 0 aliphatic heterocycles. The van der Waals surface area contributed by atoms with Crippen molar-refractivity contribution in [3.63, 3.8) is 0 Å². The quantitative estimate of drug-likeness (QED) is 0.892. The van der Waals surface area contributed by atoms with Crippen LogP contribution in [0.4, 0.5) is 9.93 Å². The van der Waals surface area contributed by atoms with Crippen molar-refractivity contribution in [1.82, 2.24) is 10.3 Å². The molecule has 2 aromatic rings. The summed E-state index contributed by atoms with van der Waals surface area (Å²) in [7, 11) is 1.60. The first-order valence-corrected chi connectivity index (χ1v) is 6.42. The highest BCUT2D eigenvalue weighted by atomic mass is 32.1. The Labute approximate surface area is 109 Å². The van der Waals surface area contributed by atoms with E-state index in [4.69, 9.17) is 4.74 Å². The lowest BCUT2D eigenvalue weighted by molar-refractivity contribution is 0.173. The van der Waals surface area contributed by atoms with Gasteiger partial charge in [-0.25, -0.2) is 9.78 Å². The molecule has 1 aromatic carbocycles. The summed E-state index contributed by atoms with van der Waals surface area (Å²) < 4.78 is 6.00. The van der Waals surface area contributed by atoms with Gasteiger partial charge < -0.3 is 10.1 Å². The van der Waals surface area contributed by atoms with Gasteiger partial charge in [0, 0.05) is 7.11 Å². The predicted octanol–water partition coefficient (Wildman–Crippen LogP) is 2.45. The Balaban J connectivity index is 1.98. The van der Waals surface area contributed by atoms with E-state index in [0.29, 0.717) is 11.7 Å². The zero-order valence-corrected chi connectivity index (χ0v) is 11.1. The van der Waals surface area contributed by atoms with Gasteiger partial charge in [0.25, 0.3) is 0 Å². The molecule has 0 saturated carbocycles. The summed E-state index contributed by atoms with van der Waals surface area (Å²) in [6.45, 7) is 2.36. The number of benzene rings is 1. The molecule has 1 atom stereocenters. The van der Waals surface area contributed by atoms with E-state index < -0.39 is 0 Å². The van der Waals surface area contributed by atoms with E-state index in [9.17, 15) is 4.79 Å². The minimum absolute atomic E-state index is 0.0376. The van der Waals surface area contributed by atoms with Crippen LogP contribution in [0.3, 0.4) is 0 Å². The number of hydrogen-bond acceptors (Lipinski definition) is 4. The second-order valence-corrected chi connectivity index (χ2v) is 4.97. The number of fused-ring (bicyclic) bond motifs is 1. The largest absolute Gasteiger partial charge is 0.383 e. The summed E-state index contributed by atoms with van der Waals surface area (Å²) >= 11 is 1.45. The van der Waals surface area contributed by atoms with Crippen molar-refractivity contribution in [2.45, 2.75) is 13.0 Å². The van der Waals surface area contributed by atoms with E-state index in [1.165, 1.54) is 11.3 Å². The van der Waals surface area contributed by atoms with Gasteiger partial charge in [0.2, 0.25) is 0 Å². The summed E-state index contributed by atoms with van der Waals surface area (Å²) in [5, 5.41) is 6.08. The number of carbonyl (C=O) groups is 1. The number of thiazole rings is 1. The molecule has 2 rings (SSSR count). The van der Waals surface area contributed by atoms with Crippen molar-refractivity contribution in [2.75, 3.05) is 19.0 Å². The molecule has 0 unspecified atom stereocenters. The summed E-state index contributed by atoms with van der Waals surface area (Å²) in [5.74, 6) is 0. The lowest BCUT2D eigenvalue weighted by Crippen LogP contribution is -2.38. The SMILES string of the molecule is COC[C@@H](C)NC(=O)Nc1nc2ccccc2s1. The third kappa shape index (κ3) is 3.18. The Morgan fingerprint density at radius 3 is 3.00 bits per heavy atom. The number of nitrogens with one attached hydrogen (secondary N) is 2. The molecule has 0 spiro atoms. The van der Waals surface area contributed by atoms with Crippen molar-refractivity contribution in [3.05, 3.63) is 24.3 Å². The van der Waals surface area contributed by atoms with Gasteiger partial charge >= 0.3 is 6.03 Å². The molecule has 0 bridgehead atoms. The van der Waals surface area contributed by atoms with E-state index in [0.717, 1.165) is 10.2 Å². The fourth-order valence-electron chi connectivity index (χ4n) is 1.57. The second kappa shape index (κ2) is 5.79. The molecule has 0 saturated heterocycles. The molecule has 6 heteroatoms. The maximum Gasteiger partial charge on any atom is 0.321 e. The van der Waals surface area contributed by atoms with Crippen LogP contribution in [0.25, 0.3) is 10.2 Å². The lowest BCUT2D eigenvalue weighted by Gasteiger charge is -2.12. The van der Waals surface area contributed by atoms with E-state index in [1.807, 2.05) is 31.2 Å². The van der Waals surface area contributed by atoms with Crippen LogP contribution >= 0.6 is 11.3 Å². The summed E-state index contributed by atoms with van der Waals surface area (Å²) in [4.78, 5) is 16.0. The van der Waals surface area contributed by atoms with Crippen LogP contribution in [-0.2, 0) is 4.74 Å². The standard InChI is InChI=1S/C12H15N3O2S/c1-8(7-17-2)13-11(16)15-12-14-9-5-3-4-6-10(9)18-12/h3-6,8H,7H2,1-2H3,(H2,13,14,15,16)/t8-/m1/s1. The van der Waals surface area contributed by atoms with Gasteiger partial charge in [-0.2, -0.15) is 0 Å². The first-order chi connectivity index (χ1) is 8.69. The predicted molar refractivity (Wildman–Crippen MR) is 73.1 cm³/mol. The summed E-state index contributed by atoms with van der Waals surface area (Å²) in [6, 6.07) is 7.46. The topological polar surface area (TPSA) is 63.2 Å². The van der Waals surface area contributed by atoms with E-state index in [-0.39, 0.29) is 12.1 Å². The number of methoxy groups -OCH3 is 1. The Morgan fingerprint density at radius 1 is 1.50 bits per heavy atom. The Hall–Kier alpha value is -1.66. The Bertz CT molecular complexity index is 508. The van der Waals surface area contributed by atoms with Gasteiger partial charge in [0.1, 0.15) is 0 Å². The zero-order chi connectivity index (χ0) is 13.0. The average molecular weight is 265 g/mol. The van der Waals surface area contributed by atoms with Gasteiger partial charge in [-0.1, -0.05) is 23.5 Å². The molecule has 0 radical (unpaired) electrons. The van der Waals surface area contributed by atoms with Crippen LogP contribution in [0, 0.1) is 0 Å². The molecule has 2 amide bonds. The smallest absolute Gasteiger partial charge is 0.321 e. The molecule has 1 aromatic heterocycles. The molecule has 0 aliphatic rings.